The molecule has 5 nitrogen and oxygen atoms in total. The van der Waals surface area contributed by atoms with E-state index in [-0.39, 0.29) is 12.3 Å². The number of quaternary nitrogens is 1. The van der Waals surface area contributed by atoms with Crippen LogP contribution in [-0.2, 0) is 9.59 Å². The van der Waals surface area contributed by atoms with Gasteiger partial charge in [0.2, 0.25) is 5.91 Å². The number of nitrogens with zero attached hydrogens (tertiary/aromatic N) is 1. The highest BCUT2D eigenvalue weighted by atomic mass is 16.4. The number of amides is 1. The fraction of sp³-hybridized carbons (Fsp3) is 0.733. The Morgan fingerprint density at radius 2 is 1.70 bits per heavy atom. The average molecular weight is 284 g/mol. The molecule has 0 aliphatic heterocycles. The third-order valence-electron chi connectivity index (χ3n) is 3.32. The zero-order valence-corrected chi connectivity index (χ0v) is 12.8. The number of carbonyl (C=O) groups excluding carboxylic acids is 2. The van der Waals surface area contributed by atoms with Crippen LogP contribution in [0.5, 0.6) is 0 Å². The molecule has 0 fully saturated rings. The number of hydrogen-bond donors (Lipinski definition) is 1. The largest absolute Gasteiger partial charge is 0.550 e. The van der Waals surface area contributed by atoms with Gasteiger partial charge >= 0.3 is 0 Å². The predicted octanol–water partition coefficient (Wildman–Crippen LogP) is 0.456. The molecule has 5 heteroatoms. The zero-order valence-electron chi connectivity index (χ0n) is 12.8. The molecule has 1 N–H and O–H groups in total. The van der Waals surface area contributed by atoms with E-state index >= 15 is 0 Å². The van der Waals surface area contributed by atoms with E-state index in [4.69, 9.17) is 0 Å². The molecule has 0 bridgehead atoms. The number of carboxylic acid groups (broad SMARTS) is 1. The molecular weight excluding hydrogens is 256 g/mol. The van der Waals surface area contributed by atoms with Gasteiger partial charge in [0.05, 0.1) is 27.2 Å². The Morgan fingerprint density at radius 3 is 2.30 bits per heavy atom. The van der Waals surface area contributed by atoms with Gasteiger partial charge < -0.3 is 19.7 Å². The molecule has 0 atom stereocenters. The second-order valence-corrected chi connectivity index (χ2v) is 5.77. The number of aliphatic carboxylic acids is 1. The normalized spacial score (nSPS) is 11.1. The monoisotopic (exact) mass is 284 g/mol. The summed E-state index contributed by atoms with van der Waals surface area (Å²) in [6.07, 6.45) is 6.42. The molecule has 20 heavy (non-hydrogen) atoms. The molecule has 0 heterocycles. The van der Waals surface area contributed by atoms with Crippen LogP contribution in [0, 0.1) is 0 Å². The van der Waals surface area contributed by atoms with Crippen LogP contribution in [-0.4, -0.2) is 50.1 Å². The summed E-state index contributed by atoms with van der Waals surface area (Å²) >= 11 is 0. The van der Waals surface area contributed by atoms with Crippen molar-refractivity contribution in [1.29, 1.82) is 0 Å². The van der Waals surface area contributed by atoms with Crippen molar-refractivity contribution < 1.29 is 19.2 Å². The van der Waals surface area contributed by atoms with Crippen molar-refractivity contribution in [3.8, 4) is 0 Å². The molecule has 1 amide bonds. The maximum absolute atomic E-state index is 10.9. The fourth-order valence-corrected chi connectivity index (χ4v) is 2.07. The van der Waals surface area contributed by atoms with E-state index in [9.17, 15) is 14.7 Å². The first-order valence-electron chi connectivity index (χ1n) is 7.29. The first kappa shape index (κ1) is 18.6. The molecule has 0 rings (SSSR count). The average Bonchev–Trinajstić information content (AvgIpc) is 2.36. The van der Waals surface area contributed by atoms with Crippen LogP contribution in [0.25, 0.3) is 0 Å². The lowest BCUT2D eigenvalue weighted by atomic mass is 10.1. The molecule has 0 saturated carbocycles. The predicted molar refractivity (Wildman–Crippen MR) is 77.8 cm³/mol. The van der Waals surface area contributed by atoms with Crippen LogP contribution in [0.15, 0.2) is 12.7 Å². The van der Waals surface area contributed by atoms with Gasteiger partial charge in [0.25, 0.3) is 0 Å². The Balaban J connectivity index is 3.50. The Labute approximate surface area is 122 Å². The molecule has 0 saturated heterocycles. The van der Waals surface area contributed by atoms with Crippen LogP contribution in [0.4, 0.5) is 0 Å². The molecule has 116 valence electrons. The lowest BCUT2D eigenvalue weighted by Crippen LogP contribution is -2.41. The highest BCUT2D eigenvalue weighted by molar-refractivity contribution is 5.86. The molecule has 0 aliphatic rings. The van der Waals surface area contributed by atoms with Gasteiger partial charge in [-0.1, -0.05) is 13.0 Å². The topological polar surface area (TPSA) is 69.2 Å². The number of carboxylic acids is 1. The summed E-state index contributed by atoms with van der Waals surface area (Å²) in [5.41, 5.74) is 0. The molecular formula is C15H28N2O3. The molecule has 0 radical (unpaired) electrons. The number of hydrogen-bond acceptors (Lipinski definition) is 3. The van der Waals surface area contributed by atoms with Gasteiger partial charge in [0.1, 0.15) is 0 Å². The van der Waals surface area contributed by atoms with Crippen LogP contribution < -0.4 is 10.4 Å². The van der Waals surface area contributed by atoms with Gasteiger partial charge in [0.15, 0.2) is 0 Å². The van der Waals surface area contributed by atoms with Gasteiger partial charge in [-0.2, -0.15) is 0 Å². The van der Waals surface area contributed by atoms with Gasteiger partial charge in [-0.3, -0.25) is 4.79 Å². The maximum atomic E-state index is 10.9. The first-order chi connectivity index (χ1) is 9.37. The Kier molecular flexibility index (Phi) is 9.72. The van der Waals surface area contributed by atoms with Gasteiger partial charge in [-0.15, -0.1) is 0 Å². The fourth-order valence-electron chi connectivity index (χ4n) is 2.07. The van der Waals surface area contributed by atoms with Crippen LogP contribution >= 0.6 is 0 Å². The summed E-state index contributed by atoms with van der Waals surface area (Å²) in [4.78, 5) is 21.3. The number of rotatable bonds is 12. The van der Waals surface area contributed by atoms with Crippen molar-refractivity contribution in [3.05, 3.63) is 12.7 Å². The summed E-state index contributed by atoms with van der Waals surface area (Å²) in [6, 6.07) is 0. The highest BCUT2D eigenvalue weighted by Crippen LogP contribution is 2.07. The quantitative estimate of drug-likeness (QED) is 0.321. The van der Waals surface area contributed by atoms with Crippen LogP contribution in [0.1, 0.15) is 38.5 Å². The van der Waals surface area contributed by atoms with E-state index in [1.54, 1.807) is 0 Å². The third kappa shape index (κ3) is 11.7. The van der Waals surface area contributed by atoms with Crippen molar-refractivity contribution in [2.24, 2.45) is 0 Å². The standard InChI is InChI=1S/C15H28N2O3/c1-4-14(18)16-11-7-5-6-8-12-17(2,3)13-9-10-15(19)20/h4H,1,5-13H2,2-3H3,(H-,16,18,19,20). The van der Waals surface area contributed by atoms with E-state index in [1.807, 2.05) is 0 Å². The van der Waals surface area contributed by atoms with E-state index < -0.39 is 5.97 Å². The minimum absolute atomic E-state index is 0.115. The SMILES string of the molecule is C=CC(=O)NCCCCCC[N+](C)(C)CCCC(=O)[O-]. The van der Waals surface area contributed by atoms with Crippen molar-refractivity contribution in [2.75, 3.05) is 33.7 Å². The molecule has 0 unspecified atom stereocenters. The van der Waals surface area contributed by atoms with Crippen LogP contribution in [0.2, 0.25) is 0 Å². The summed E-state index contributed by atoms with van der Waals surface area (Å²) in [5, 5.41) is 13.1. The van der Waals surface area contributed by atoms with E-state index in [0.29, 0.717) is 13.0 Å². The van der Waals surface area contributed by atoms with E-state index in [2.05, 4.69) is 26.0 Å². The van der Waals surface area contributed by atoms with Crippen molar-refractivity contribution in [3.63, 3.8) is 0 Å². The number of unbranched alkanes of at least 4 members (excludes halogenated alkanes) is 3. The van der Waals surface area contributed by atoms with Gasteiger partial charge in [-0.05, 0) is 31.8 Å². The zero-order chi connectivity index (χ0) is 15.4. The minimum Gasteiger partial charge on any atom is -0.550 e. The highest BCUT2D eigenvalue weighted by Gasteiger charge is 2.13. The van der Waals surface area contributed by atoms with Crippen molar-refractivity contribution in [2.45, 2.75) is 38.5 Å². The minimum atomic E-state index is -0.966. The van der Waals surface area contributed by atoms with Gasteiger partial charge in [-0.25, -0.2) is 0 Å². The molecule has 0 spiro atoms. The summed E-state index contributed by atoms with van der Waals surface area (Å²) in [7, 11) is 4.25. The molecule has 0 aliphatic carbocycles. The lowest BCUT2D eigenvalue weighted by Gasteiger charge is -2.30. The molecule has 0 aromatic carbocycles. The van der Waals surface area contributed by atoms with Crippen molar-refractivity contribution >= 4 is 11.9 Å². The maximum Gasteiger partial charge on any atom is 0.243 e. The smallest absolute Gasteiger partial charge is 0.243 e. The number of nitrogens with one attached hydrogen (secondary N) is 1. The second-order valence-electron chi connectivity index (χ2n) is 5.77. The molecule has 0 aromatic heterocycles. The summed E-state index contributed by atoms with van der Waals surface area (Å²) < 4.78 is 0.848. The van der Waals surface area contributed by atoms with Crippen molar-refractivity contribution in [1.82, 2.24) is 5.32 Å². The van der Waals surface area contributed by atoms with E-state index in [0.717, 1.165) is 43.3 Å². The molecule has 0 aromatic rings. The Bertz CT molecular complexity index is 314. The van der Waals surface area contributed by atoms with Gasteiger partial charge in [0, 0.05) is 18.9 Å². The van der Waals surface area contributed by atoms with Crippen LogP contribution in [0.3, 0.4) is 0 Å². The summed E-state index contributed by atoms with van der Waals surface area (Å²) in [5.74, 6) is -1.08. The Morgan fingerprint density at radius 1 is 1.10 bits per heavy atom. The second kappa shape index (κ2) is 10.4. The third-order valence-corrected chi connectivity index (χ3v) is 3.32. The summed E-state index contributed by atoms with van der Waals surface area (Å²) in [6.45, 7) is 6.01. The Hall–Kier alpha value is -1.36. The first-order valence-corrected chi connectivity index (χ1v) is 7.29. The lowest BCUT2D eigenvalue weighted by molar-refractivity contribution is -0.890. The number of carbonyl (C=O) groups is 2. The van der Waals surface area contributed by atoms with E-state index in [1.165, 1.54) is 6.08 Å².